The van der Waals surface area contributed by atoms with Gasteiger partial charge in [-0.3, -0.25) is 0 Å². The third-order valence-electron chi connectivity index (χ3n) is 3.64. The molecule has 0 amide bonds. The molecule has 106 valence electrons. The zero-order valence-electron chi connectivity index (χ0n) is 11.7. The predicted molar refractivity (Wildman–Crippen MR) is 84.4 cm³/mol. The number of hydrogen-bond donors (Lipinski definition) is 1. The van der Waals surface area contributed by atoms with Gasteiger partial charge in [0.15, 0.2) is 0 Å². The molecule has 2 N–H and O–H groups in total. The van der Waals surface area contributed by atoms with Gasteiger partial charge in [-0.25, -0.2) is 0 Å². The van der Waals surface area contributed by atoms with E-state index in [2.05, 4.69) is 19.1 Å². The van der Waals surface area contributed by atoms with Gasteiger partial charge in [0.25, 0.3) is 0 Å². The van der Waals surface area contributed by atoms with Crippen LogP contribution in [-0.4, -0.2) is 13.2 Å². The lowest BCUT2D eigenvalue weighted by Gasteiger charge is -2.28. The molecule has 0 fully saturated rings. The smallest absolute Gasteiger partial charge is 0.120 e. The lowest BCUT2D eigenvalue weighted by atomic mass is 9.80. The van der Waals surface area contributed by atoms with Crippen LogP contribution in [0, 0.1) is 0 Å². The predicted octanol–water partition coefficient (Wildman–Crippen LogP) is 4.03. The van der Waals surface area contributed by atoms with Crippen LogP contribution in [0.25, 0.3) is 0 Å². The van der Waals surface area contributed by atoms with Crippen LogP contribution in [0.2, 0.25) is 5.02 Å². The highest BCUT2D eigenvalue weighted by Crippen LogP contribution is 2.27. The van der Waals surface area contributed by atoms with Gasteiger partial charge in [-0.2, -0.15) is 0 Å². The Balaban J connectivity index is 1.98. The van der Waals surface area contributed by atoms with Gasteiger partial charge in [0.2, 0.25) is 0 Å². The molecule has 2 aromatic carbocycles. The van der Waals surface area contributed by atoms with E-state index in [0.29, 0.717) is 18.2 Å². The zero-order valence-corrected chi connectivity index (χ0v) is 12.4. The van der Waals surface area contributed by atoms with Gasteiger partial charge in [-0.1, -0.05) is 54.9 Å². The van der Waals surface area contributed by atoms with Gasteiger partial charge >= 0.3 is 0 Å². The number of benzene rings is 2. The fourth-order valence-corrected chi connectivity index (χ4v) is 2.34. The second-order valence-electron chi connectivity index (χ2n) is 5.19. The maximum Gasteiger partial charge on any atom is 0.120 e. The Kier molecular flexibility index (Phi) is 5.05. The molecule has 0 heterocycles. The third-order valence-corrected chi connectivity index (χ3v) is 3.87. The van der Waals surface area contributed by atoms with E-state index in [-0.39, 0.29) is 5.41 Å². The molecule has 20 heavy (non-hydrogen) atoms. The summed E-state index contributed by atoms with van der Waals surface area (Å²) in [4.78, 5) is 0. The maximum absolute atomic E-state index is 5.97. The summed E-state index contributed by atoms with van der Waals surface area (Å²) in [5.41, 5.74) is 7.14. The highest BCUT2D eigenvalue weighted by molar-refractivity contribution is 6.30. The minimum absolute atomic E-state index is 0.0696. The Hall–Kier alpha value is -1.51. The molecule has 1 atom stereocenters. The Bertz CT molecular complexity index is 544. The first-order chi connectivity index (χ1) is 9.64. The number of rotatable bonds is 6. The van der Waals surface area contributed by atoms with Crippen LogP contribution in [0.15, 0.2) is 54.6 Å². The summed E-state index contributed by atoms with van der Waals surface area (Å²) in [6.07, 6.45) is 0.861. The number of nitrogens with two attached hydrogens (primary N) is 1. The molecular formula is C17H20ClNO. The van der Waals surface area contributed by atoms with E-state index in [4.69, 9.17) is 22.1 Å². The van der Waals surface area contributed by atoms with E-state index in [1.54, 1.807) is 0 Å². The number of halogens is 1. The first-order valence-corrected chi connectivity index (χ1v) is 7.16. The van der Waals surface area contributed by atoms with E-state index in [1.165, 1.54) is 5.56 Å². The van der Waals surface area contributed by atoms with Gasteiger partial charge in [-0.05, 0) is 30.2 Å². The Labute approximate surface area is 125 Å². The SMILES string of the molecule is CC(CN)(CCOc1cccc(Cl)c1)c1ccccc1. The first-order valence-electron chi connectivity index (χ1n) is 6.78. The summed E-state index contributed by atoms with van der Waals surface area (Å²) in [5, 5.41) is 0.687. The van der Waals surface area contributed by atoms with Crippen molar-refractivity contribution in [3.05, 3.63) is 65.2 Å². The highest BCUT2D eigenvalue weighted by Gasteiger charge is 2.24. The molecule has 2 rings (SSSR count). The average molecular weight is 290 g/mol. The van der Waals surface area contributed by atoms with Crippen LogP contribution in [0.4, 0.5) is 0 Å². The topological polar surface area (TPSA) is 35.2 Å². The largest absolute Gasteiger partial charge is 0.494 e. The van der Waals surface area contributed by atoms with Crippen LogP contribution in [0.3, 0.4) is 0 Å². The van der Waals surface area contributed by atoms with E-state index in [9.17, 15) is 0 Å². The Morgan fingerprint density at radius 3 is 2.50 bits per heavy atom. The van der Waals surface area contributed by atoms with Gasteiger partial charge in [0, 0.05) is 17.0 Å². The summed E-state index contributed by atoms with van der Waals surface area (Å²) in [6, 6.07) is 17.8. The molecule has 0 aliphatic rings. The summed E-state index contributed by atoms with van der Waals surface area (Å²) in [7, 11) is 0. The fourth-order valence-electron chi connectivity index (χ4n) is 2.16. The molecule has 2 aromatic rings. The van der Waals surface area contributed by atoms with Crippen LogP contribution < -0.4 is 10.5 Å². The van der Waals surface area contributed by atoms with Crippen molar-refractivity contribution in [2.45, 2.75) is 18.8 Å². The number of ether oxygens (including phenoxy) is 1. The Morgan fingerprint density at radius 1 is 1.10 bits per heavy atom. The van der Waals surface area contributed by atoms with Crippen molar-refractivity contribution in [1.82, 2.24) is 0 Å². The van der Waals surface area contributed by atoms with E-state index in [0.717, 1.165) is 12.2 Å². The molecule has 2 nitrogen and oxygen atoms in total. The van der Waals surface area contributed by atoms with E-state index >= 15 is 0 Å². The quantitative estimate of drug-likeness (QED) is 0.871. The molecule has 0 saturated carbocycles. The lowest BCUT2D eigenvalue weighted by molar-refractivity contribution is 0.267. The highest BCUT2D eigenvalue weighted by atomic mass is 35.5. The molecule has 1 unspecified atom stereocenters. The molecule has 0 spiro atoms. The van der Waals surface area contributed by atoms with Crippen LogP contribution in [0.1, 0.15) is 18.9 Å². The summed E-state index contributed by atoms with van der Waals surface area (Å²) >= 11 is 5.94. The normalized spacial score (nSPS) is 13.8. The van der Waals surface area contributed by atoms with Gasteiger partial charge in [0.05, 0.1) is 6.61 Å². The maximum atomic E-state index is 5.97. The van der Waals surface area contributed by atoms with Gasteiger partial charge in [-0.15, -0.1) is 0 Å². The minimum Gasteiger partial charge on any atom is -0.494 e. The first kappa shape index (κ1) is 14.9. The molecule has 0 aliphatic carbocycles. The molecule has 0 aromatic heterocycles. The molecule has 3 heteroatoms. The standard InChI is InChI=1S/C17H20ClNO/c1-17(13-19,14-6-3-2-4-7-14)10-11-20-16-9-5-8-15(18)12-16/h2-9,12H,10-11,13,19H2,1H3. The van der Waals surface area contributed by atoms with E-state index < -0.39 is 0 Å². The number of hydrogen-bond acceptors (Lipinski definition) is 2. The molecule has 0 bridgehead atoms. The molecular weight excluding hydrogens is 270 g/mol. The minimum atomic E-state index is -0.0696. The third kappa shape index (κ3) is 3.75. The van der Waals surface area contributed by atoms with Gasteiger partial charge in [0.1, 0.15) is 5.75 Å². The summed E-state index contributed by atoms with van der Waals surface area (Å²) in [5.74, 6) is 0.796. The monoisotopic (exact) mass is 289 g/mol. The fraction of sp³-hybridized carbons (Fsp3) is 0.294. The zero-order chi connectivity index (χ0) is 14.4. The lowest BCUT2D eigenvalue weighted by Crippen LogP contribution is -2.33. The molecule has 0 radical (unpaired) electrons. The molecule has 0 saturated heterocycles. The van der Waals surface area contributed by atoms with Crippen LogP contribution in [0.5, 0.6) is 5.75 Å². The second kappa shape index (κ2) is 6.78. The van der Waals surface area contributed by atoms with Crippen LogP contribution >= 0.6 is 11.6 Å². The molecule has 0 aliphatic heterocycles. The van der Waals surface area contributed by atoms with Crippen molar-refractivity contribution in [3.63, 3.8) is 0 Å². The van der Waals surface area contributed by atoms with Crippen molar-refractivity contribution in [1.29, 1.82) is 0 Å². The van der Waals surface area contributed by atoms with Gasteiger partial charge < -0.3 is 10.5 Å². The van der Waals surface area contributed by atoms with Crippen LogP contribution in [-0.2, 0) is 5.41 Å². The summed E-state index contributed by atoms with van der Waals surface area (Å²) < 4.78 is 5.77. The van der Waals surface area contributed by atoms with Crippen molar-refractivity contribution < 1.29 is 4.74 Å². The van der Waals surface area contributed by atoms with Crippen molar-refractivity contribution >= 4 is 11.6 Å². The van der Waals surface area contributed by atoms with Crippen molar-refractivity contribution in [2.24, 2.45) is 5.73 Å². The van der Waals surface area contributed by atoms with E-state index in [1.807, 2.05) is 42.5 Å². The van der Waals surface area contributed by atoms with Crippen molar-refractivity contribution in [2.75, 3.05) is 13.2 Å². The van der Waals surface area contributed by atoms with Crippen molar-refractivity contribution in [3.8, 4) is 5.75 Å². The summed E-state index contributed by atoms with van der Waals surface area (Å²) in [6.45, 7) is 3.38. The average Bonchev–Trinajstić information content (AvgIpc) is 2.48. The Morgan fingerprint density at radius 2 is 1.85 bits per heavy atom. The second-order valence-corrected chi connectivity index (χ2v) is 5.62.